The van der Waals surface area contributed by atoms with E-state index in [9.17, 15) is 18.0 Å². The van der Waals surface area contributed by atoms with Gasteiger partial charge < -0.3 is 14.4 Å². The van der Waals surface area contributed by atoms with Gasteiger partial charge in [0.1, 0.15) is 28.8 Å². The van der Waals surface area contributed by atoms with E-state index in [1.807, 2.05) is 6.92 Å². The zero-order valence-corrected chi connectivity index (χ0v) is 19.2. The topological polar surface area (TPSA) is 54.9 Å². The second-order valence-electron chi connectivity index (χ2n) is 7.42. The first-order valence-corrected chi connectivity index (χ1v) is 11.4. The lowest BCUT2D eigenvalue weighted by molar-refractivity contribution is -0.174. The van der Waals surface area contributed by atoms with Crippen LogP contribution in [0.15, 0.2) is 24.3 Å². The molecule has 1 amide bonds. The molecule has 0 unspecified atom stereocenters. The third-order valence-corrected chi connectivity index (χ3v) is 6.27. The van der Waals surface area contributed by atoms with Crippen molar-refractivity contribution in [1.82, 2.24) is 14.8 Å². The standard InChI is InChI=1S/C21H25ClF3N3O3S/c1-15-19(32-18(26-15)13-31-17-5-3-16(22)4-6-17)20(29)28-10-8-27(9-11-28)7-2-12-30-14-21(23,24)25/h3-6H,2,7-14H2,1H3. The number of hydrogen-bond acceptors (Lipinski definition) is 6. The monoisotopic (exact) mass is 491 g/mol. The van der Waals surface area contributed by atoms with E-state index in [0.29, 0.717) is 60.5 Å². The van der Waals surface area contributed by atoms with Gasteiger partial charge in [0.25, 0.3) is 5.91 Å². The predicted molar refractivity (Wildman–Crippen MR) is 116 cm³/mol. The summed E-state index contributed by atoms with van der Waals surface area (Å²) in [5.41, 5.74) is 0.680. The normalized spacial score (nSPS) is 15.2. The lowest BCUT2D eigenvalue weighted by Crippen LogP contribution is -2.48. The van der Waals surface area contributed by atoms with Gasteiger partial charge in [-0.15, -0.1) is 11.3 Å². The number of aromatic nitrogens is 1. The fourth-order valence-corrected chi connectivity index (χ4v) is 4.36. The van der Waals surface area contributed by atoms with E-state index in [-0.39, 0.29) is 19.1 Å². The lowest BCUT2D eigenvalue weighted by Gasteiger charge is -2.34. The van der Waals surface area contributed by atoms with Gasteiger partial charge in [-0.25, -0.2) is 4.98 Å². The maximum atomic E-state index is 12.9. The third kappa shape index (κ3) is 7.61. The quantitative estimate of drug-likeness (QED) is 0.486. The Bertz CT molecular complexity index is 885. The highest BCUT2D eigenvalue weighted by atomic mass is 35.5. The Morgan fingerprint density at radius 3 is 2.53 bits per heavy atom. The molecule has 2 heterocycles. The molecule has 3 rings (SSSR count). The minimum Gasteiger partial charge on any atom is -0.486 e. The van der Waals surface area contributed by atoms with Crippen LogP contribution in [0.5, 0.6) is 5.75 Å². The highest BCUT2D eigenvalue weighted by Crippen LogP contribution is 2.23. The Kier molecular flexibility index (Phi) is 8.75. The molecule has 0 aliphatic carbocycles. The van der Waals surface area contributed by atoms with Crippen LogP contribution in [0.25, 0.3) is 0 Å². The summed E-state index contributed by atoms with van der Waals surface area (Å²) in [6.45, 7) is 4.07. The molecule has 6 nitrogen and oxygen atoms in total. The van der Waals surface area contributed by atoms with Crippen LogP contribution < -0.4 is 4.74 Å². The number of nitrogens with zero attached hydrogens (tertiary/aromatic N) is 3. The molecule has 0 bridgehead atoms. The molecule has 2 aromatic rings. The summed E-state index contributed by atoms with van der Waals surface area (Å²) in [5, 5.41) is 1.35. The number of carbonyl (C=O) groups is 1. The number of ether oxygens (including phenoxy) is 2. The lowest BCUT2D eigenvalue weighted by atomic mass is 10.2. The van der Waals surface area contributed by atoms with Crippen LogP contribution in [0.3, 0.4) is 0 Å². The van der Waals surface area contributed by atoms with Crippen LogP contribution in [0, 0.1) is 6.92 Å². The summed E-state index contributed by atoms with van der Waals surface area (Å²) < 4.78 is 46.6. The zero-order chi connectivity index (χ0) is 23.1. The molecule has 11 heteroatoms. The number of hydrogen-bond donors (Lipinski definition) is 0. The number of halogens is 4. The van der Waals surface area contributed by atoms with Crippen molar-refractivity contribution in [2.45, 2.75) is 26.1 Å². The smallest absolute Gasteiger partial charge is 0.411 e. The molecular weight excluding hydrogens is 467 g/mol. The highest BCUT2D eigenvalue weighted by molar-refractivity contribution is 7.13. The maximum absolute atomic E-state index is 12.9. The van der Waals surface area contributed by atoms with Crippen LogP contribution in [-0.4, -0.2) is 72.8 Å². The number of amides is 1. The van der Waals surface area contributed by atoms with Crippen molar-refractivity contribution in [3.8, 4) is 5.75 Å². The fraction of sp³-hybridized carbons (Fsp3) is 0.524. The SMILES string of the molecule is Cc1nc(COc2ccc(Cl)cc2)sc1C(=O)N1CCN(CCCOCC(F)(F)F)CC1. The molecular formula is C21H25ClF3N3O3S. The average molecular weight is 492 g/mol. The van der Waals surface area contributed by atoms with E-state index in [1.54, 1.807) is 29.2 Å². The number of aryl methyl sites for hydroxylation is 1. The summed E-state index contributed by atoms with van der Waals surface area (Å²) in [4.78, 5) is 21.9. The molecule has 0 N–H and O–H groups in total. The van der Waals surface area contributed by atoms with E-state index in [0.717, 1.165) is 5.01 Å². The largest absolute Gasteiger partial charge is 0.486 e. The van der Waals surface area contributed by atoms with E-state index >= 15 is 0 Å². The molecule has 1 aliphatic rings. The molecule has 0 radical (unpaired) electrons. The van der Waals surface area contributed by atoms with Gasteiger partial charge in [-0.05, 0) is 37.6 Å². The predicted octanol–water partition coefficient (Wildman–Crippen LogP) is 4.41. The van der Waals surface area contributed by atoms with Crippen molar-refractivity contribution >= 4 is 28.8 Å². The van der Waals surface area contributed by atoms with Crippen LogP contribution >= 0.6 is 22.9 Å². The minimum absolute atomic E-state index is 0.0501. The van der Waals surface area contributed by atoms with E-state index in [2.05, 4.69) is 14.6 Å². The van der Waals surface area contributed by atoms with Gasteiger partial charge in [-0.3, -0.25) is 9.69 Å². The molecule has 0 saturated carbocycles. The Hall–Kier alpha value is -1.88. The summed E-state index contributed by atoms with van der Waals surface area (Å²) >= 11 is 7.20. The Labute approximate surface area is 193 Å². The van der Waals surface area contributed by atoms with Gasteiger partial charge in [-0.1, -0.05) is 11.6 Å². The van der Waals surface area contributed by atoms with Crippen LogP contribution in [0.1, 0.15) is 26.8 Å². The van der Waals surface area contributed by atoms with E-state index in [1.165, 1.54) is 11.3 Å². The van der Waals surface area contributed by atoms with Gasteiger partial charge in [0.05, 0.1) is 5.69 Å². The summed E-state index contributed by atoms with van der Waals surface area (Å²) in [5.74, 6) is 0.626. The molecule has 0 spiro atoms. The Morgan fingerprint density at radius 2 is 1.88 bits per heavy atom. The van der Waals surface area contributed by atoms with Crippen molar-refractivity contribution in [1.29, 1.82) is 0 Å². The number of alkyl halides is 3. The summed E-state index contributed by atoms with van der Waals surface area (Å²) in [7, 11) is 0. The first-order valence-electron chi connectivity index (χ1n) is 10.2. The van der Waals surface area contributed by atoms with E-state index in [4.69, 9.17) is 16.3 Å². The highest BCUT2D eigenvalue weighted by Gasteiger charge is 2.28. The van der Waals surface area contributed by atoms with Crippen LogP contribution in [0.2, 0.25) is 5.02 Å². The number of benzene rings is 1. The van der Waals surface area contributed by atoms with Gasteiger partial charge in [0.2, 0.25) is 0 Å². The Morgan fingerprint density at radius 1 is 1.19 bits per heavy atom. The molecule has 1 aromatic heterocycles. The van der Waals surface area contributed by atoms with E-state index < -0.39 is 12.8 Å². The minimum atomic E-state index is -4.29. The number of thiazole rings is 1. The molecule has 1 saturated heterocycles. The van der Waals surface area contributed by atoms with Crippen LogP contribution in [0.4, 0.5) is 13.2 Å². The molecule has 1 aliphatic heterocycles. The third-order valence-electron chi connectivity index (χ3n) is 4.90. The maximum Gasteiger partial charge on any atom is 0.411 e. The number of rotatable bonds is 9. The van der Waals surface area contributed by atoms with Crippen molar-refractivity contribution in [2.24, 2.45) is 0 Å². The van der Waals surface area contributed by atoms with Crippen molar-refractivity contribution in [3.05, 3.63) is 44.9 Å². The molecule has 1 aromatic carbocycles. The van der Waals surface area contributed by atoms with Crippen molar-refractivity contribution in [3.63, 3.8) is 0 Å². The fourth-order valence-electron chi connectivity index (χ4n) is 3.28. The first-order chi connectivity index (χ1) is 15.2. The second-order valence-corrected chi connectivity index (χ2v) is 8.94. The van der Waals surface area contributed by atoms with Gasteiger partial charge in [0, 0.05) is 44.4 Å². The average Bonchev–Trinajstić information content (AvgIpc) is 3.13. The molecule has 176 valence electrons. The van der Waals surface area contributed by atoms with Gasteiger partial charge in [0.15, 0.2) is 0 Å². The van der Waals surface area contributed by atoms with Gasteiger partial charge >= 0.3 is 6.18 Å². The Balaban J connectivity index is 1.42. The number of piperazine rings is 1. The van der Waals surface area contributed by atoms with Crippen LogP contribution in [-0.2, 0) is 11.3 Å². The second kappa shape index (κ2) is 11.3. The molecule has 0 atom stereocenters. The number of carbonyl (C=O) groups excluding carboxylic acids is 1. The van der Waals surface area contributed by atoms with Crippen molar-refractivity contribution in [2.75, 3.05) is 45.9 Å². The zero-order valence-electron chi connectivity index (χ0n) is 17.7. The summed E-state index contributed by atoms with van der Waals surface area (Å²) in [6.07, 6.45) is -3.77. The molecule has 32 heavy (non-hydrogen) atoms. The van der Waals surface area contributed by atoms with Crippen molar-refractivity contribution < 1.29 is 27.4 Å². The molecule has 1 fully saturated rings. The first kappa shape index (κ1) is 24.8. The van der Waals surface area contributed by atoms with Gasteiger partial charge in [-0.2, -0.15) is 13.2 Å². The summed E-state index contributed by atoms with van der Waals surface area (Å²) in [6, 6.07) is 7.04.